The van der Waals surface area contributed by atoms with Crippen LogP contribution in [0.3, 0.4) is 0 Å². The summed E-state index contributed by atoms with van der Waals surface area (Å²) in [7, 11) is 1.49. The van der Waals surface area contributed by atoms with Gasteiger partial charge in [-0.1, -0.05) is 75.1 Å². The average Bonchev–Trinajstić information content (AvgIpc) is 2.43. The van der Waals surface area contributed by atoms with E-state index in [0.29, 0.717) is 0 Å². The zero-order valence-corrected chi connectivity index (χ0v) is 12.1. The fourth-order valence-electron chi connectivity index (χ4n) is 2.26. The molecule has 18 heavy (non-hydrogen) atoms. The number of hydrogen-bond acceptors (Lipinski definition) is 0. The largest absolute Gasteiger partial charge is 0.0654 e. The van der Waals surface area contributed by atoms with Gasteiger partial charge in [-0.2, -0.15) is 0 Å². The highest BCUT2D eigenvalue weighted by Crippen LogP contribution is 2.21. The lowest BCUT2D eigenvalue weighted by Crippen LogP contribution is -1.97. The Kier molecular flexibility index (Phi) is 5.68. The Morgan fingerprint density at radius 1 is 0.833 bits per heavy atom. The fraction of sp³-hybridized carbons (Fsp3) is 0.412. The van der Waals surface area contributed by atoms with Crippen molar-refractivity contribution < 1.29 is 0 Å². The number of fused-ring (bicyclic) bond motifs is 1. The van der Waals surface area contributed by atoms with Crippen LogP contribution in [0.5, 0.6) is 0 Å². The van der Waals surface area contributed by atoms with Gasteiger partial charge in [0.25, 0.3) is 0 Å². The number of rotatable bonds is 7. The summed E-state index contributed by atoms with van der Waals surface area (Å²) in [5, 5.41) is 4.28. The minimum atomic E-state index is 1.30. The third-order valence-electron chi connectivity index (χ3n) is 3.31. The van der Waals surface area contributed by atoms with Crippen LogP contribution >= 0.6 is 8.58 Å². The fourth-order valence-corrected chi connectivity index (χ4v) is 3.45. The molecule has 0 aromatic heterocycles. The van der Waals surface area contributed by atoms with Crippen LogP contribution in [0.1, 0.15) is 39.0 Å². The van der Waals surface area contributed by atoms with E-state index in [1.165, 1.54) is 62.9 Å². The topological polar surface area (TPSA) is 0 Å². The third-order valence-corrected chi connectivity index (χ3v) is 4.58. The minimum Gasteiger partial charge on any atom is -0.0654 e. The Hall–Kier alpha value is -0.870. The predicted octanol–water partition coefficient (Wildman–Crippen LogP) is 5.38. The van der Waals surface area contributed by atoms with Crippen LogP contribution in [0.4, 0.5) is 0 Å². The summed E-state index contributed by atoms with van der Waals surface area (Å²) in [6, 6.07) is 15.4. The summed E-state index contributed by atoms with van der Waals surface area (Å²) in [6.45, 7) is 2.27. The summed E-state index contributed by atoms with van der Waals surface area (Å²) in [5.74, 6) is 0. The van der Waals surface area contributed by atoms with Crippen molar-refractivity contribution in [3.05, 3.63) is 42.5 Å². The number of hydrogen-bond donors (Lipinski definition) is 0. The van der Waals surface area contributed by atoms with Crippen molar-refractivity contribution in [2.45, 2.75) is 39.0 Å². The van der Waals surface area contributed by atoms with Crippen LogP contribution in [0, 0.1) is 0 Å². The molecule has 1 heteroatoms. The van der Waals surface area contributed by atoms with Crippen LogP contribution in [0.15, 0.2) is 42.5 Å². The lowest BCUT2D eigenvalue weighted by molar-refractivity contribution is 0.659. The van der Waals surface area contributed by atoms with Crippen LogP contribution in [0.25, 0.3) is 10.8 Å². The molecule has 0 bridgehead atoms. The Balaban J connectivity index is 1.88. The summed E-state index contributed by atoms with van der Waals surface area (Å²) < 4.78 is 0. The molecule has 0 aliphatic heterocycles. The van der Waals surface area contributed by atoms with Crippen molar-refractivity contribution in [1.82, 2.24) is 0 Å². The first kappa shape index (κ1) is 13.6. The molecule has 0 saturated carbocycles. The molecular formula is C17H22P. The van der Waals surface area contributed by atoms with Crippen LogP contribution in [0.2, 0.25) is 0 Å². The maximum Gasteiger partial charge on any atom is -0.0103 e. The van der Waals surface area contributed by atoms with E-state index in [9.17, 15) is 0 Å². The van der Waals surface area contributed by atoms with Gasteiger partial charge in [0.2, 0.25) is 0 Å². The molecule has 95 valence electrons. The Morgan fingerprint density at radius 3 is 2.50 bits per heavy atom. The van der Waals surface area contributed by atoms with Gasteiger partial charge < -0.3 is 0 Å². The molecule has 2 aromatic carbocycles. The molecular weight excluding hydrogens is 235 g/mol. The molecule has 0 atom stereocenters. The highest BCUT2D eigenvalue weighted by atomic mass is 31.1. The van der Waals surface area contributed by atoms with Crippen molar-refractivity contribution in [3.63, 3.8) is 0 Å². The zero-order chi connectivity index (χ0) is 12.6. The van der Waals surface area contributed by atoms with Gasteiger partial charge in [-0.25, -0.2) is 0 Å². The van der Waals surface area contributed by atoms with E-state index in [2.05, 4.69) is 49.4 Å². The quantitative estimate of drug-likeness (QED) is 0.461. The molecule has 0 amide bonds. The number of unbranched alkanes of at least 4 members (excludes halogenated alkanes) is 4. The van der Waals surface area contributed by atoms with Gasteiger partial charge >= 0.3 is 0 Å². The van der Waals surface area contributed by atoms with Crippen molar-refractivity contribution in [2.75, 3.05) is 6.16 Å². The summed E-state index contributed by atoms with van der Waals surface area (Å²) in [6.07, 6.45) is 8.20. The van der Waals surface area contributed by atoms with Gasteiger partial charge in [-0.05, 0) is 37.2 Å². The van der Waals surface area contributed by atoms with E-state index in [0.717, 1.165) is 0 Å². The number of benzene rings is 2. The first-order valence-electron chi connectivity index (χ1n) is 7.07. The van der Waals surface area contributed by atoms with Gasteiger partial charge in [0.05, 0.1) is 0 Å². The molecule has 0 spiro atoms. The van der Waals surface area contributed by atoms with Crippen molar-refractivity contribution in [1.29, 1.82) is 0 Å². The normalized spacial score (nSPS) is 11.6. The summed E-state index contributed by atoms with van der Waals surface area (Å²) in [5.41, 5.74) is 0. The van der Waals surface area contributed by atoms with Crippen LogP contribution in [-0.2, 0) is 0 Å². The lowest BCUT2D eigenvalue weighted by Gasteiger charge is -2.05. The van der Waals surface area contributed by atoms with E-state index >= 15 is 0 Å². The minimum absolute atomic E-state index is 1.30. The first-order valence-corrected chi connectivity index (χ1v) is 8.15. The third kappa shape index (κ3) is 3.82. The molecule has 0 unspecified atom stereocenters. The average molecular weight is 257 g/mol. The molecule has 0 N–H and O–H groups in total. The van der Waals surface area contributed by atoms with Crippen molar-refractivity contribution in [3.8, 4) is 0 Å². The highest BCUT2D eigenvalue weighted by Gasteiger charge is 2.00. The van der Waals surface area contributed by atoms with Gasteiger partial charge in [0.1, 0.15) is 0 Å². The van der Waals surface area contributed by atoms with Gasteiger partial charge in [-0.15, -0.1) is 0 Å². The maximum absolute atomic E-state index is 2.27. The highest BCUT2D eigenvalue weighted by molar-refractivity contribution is 7.47. The van der Waals surface area contributed by atoms with E-state index in [-0.39, 0.29) is 0 Å². The summed E-state index contributed by atoms with van der Waals surface area (Å²) in [4.78, 5) is 0. The molecule has 0 saturated heterocycles. The Morgan fingerprint density at radius 2 is 1.61 bits per heavy atom. The molecule has 0 nitrogen and oxygen atoms in total. The van der Waals surface area contributed by atoms with E-state index in [4.69, 9.17) is 0 Å². The second kappa shape index (κ2) is 7.54. The van der Waals surface area contributed by atoms with E-state index in [1.54, 1.807) is 0 Å². The second-order valence-electron chi connectivity index (χ2n) is 4.79. The molecule has 2 aromatic rings. The first-order chi connectivity index (χ1) is 8.92. The molecule has 0 aliphatic carbocycles. The molecule has 0 fully saturated rings. The standard InChI is InChI=1S/C17H22P/c1-2-3-4-5-8-14-18-17-13-9-11-15-10-6-7-12-16(15)17/h6-7,9-13H,2-5,8,14H2,1H3. The smallest absolute Gasteiger partial charge is 0.0103 e. The van der Waals surface area contributed by atoms with Gasteiger partial charge in [0, 0.05) is 0 Å². The predicted molar refractivity (Wildman–Crippen MR) is 84.1 cm³/mol. The Labute approximate surface area is 113 Å². The molecule has 0 aliphatic rings. The van der Waals surface area contributed by atoms with E-state index in [1.807, 2.05) is 0 Å². The molecule has 0 heterocycles. The lowest BCUT2D eigenvalue weighted by atomic mass is 10.1. The van der Waals surface area contributed by atoms with Crippen molar-refractivity contribution in [2.24, 2.45) is 0 Å². The Bertz CT molecular complexity index is 470. The summed E-state index contributed by atoms with van der Waals surface area (Å²) >= 11 is 0. The molecule has 1 radical (unpaired) electrons. The maximum atomic E-state index is 2.27. The van der Waals surface area contributed by atoms with E-state index < -0.39 is 0 Å². The monoisotopic (exact) mass is 257 g/mol. The second-order valence-corrected chi connectivity index (χ2v) is 6.04. The van der Waals surface area contributed by atoms with Crippen molar-refractivity contribution >= 4 is 24.7 Å². The van der Waals surface area contributed by atoms with Crippen LogP contribution in [-0.4, -0.2) is 6.16 Å². The van der Waals surface area contributed by atoms with Gasteiger partial charge in [0.15, 0.2) is 0 Å². The van der Waals surface area contributed by atoms with Crippen LogP contribution < -0.4 is 5.30 Å². The SMILES string of the molecule is CCCCCCC[P]c1cccc2ccccc12. The zero-order valence-electron chi connectivity index (χ0n) is 11.2. The van der Waals surface area contributed by atoms with Gasteiger partial charge in [-0.3, -0.25) is 0 Å². The molecule has 2 rings (SSSR count).